The molecule has 19 heavy (non-hydrogen) atoms. The van der Waals surface area contributed by atoms with E-state index in [1.54, 1.807) is 11.9 Å². The van der Waals surface area contributed by atoms with E-state index in [-0.39, 0.29) is 11.9 Å². The molecule has 0 unspecified atom stereocenters. The second-order valence-corrected chi connectivity index (χ2v) is 5.33. The van der Waals surface area contributed by atoms with Gasteiger partial charge in [0, 0.05) is 13.5 Å². The highest BCUT2D eigenvalue weighted by atomic mass is 16.2. The van der Waals surface area contributed by atoms with Crippen molar-refractivity contribution in [1.82, 2.24) is 4.90 Å². The molecule has 0 bridgehead atoms. The van der Waals surface area contributed by atoms with Gasteiger partial charge in [0.15, 0.2) is 0 Å². The fourth-order valence-electron chi connectivity index (χ4n) is 1.91. The fourth-order valence-corrected chi connectivity index (χ4v) is 1.91. The van der Waals surface area contributed by atoms with Gasteiger partial charge in [-0.1, -0.05) is 44.2 Å². The number of rotatable bonds is 7. The molecular weight excluding hydrogens is 238 g/mol. The first kappa shape index (κ1) is 15.4. The Morgan fingerprint density at radius 1 is 1.26 bits per heavy atom. The smallest absolute Gasteiger partial charge is 0.222 e. The van der Waals surface area contributed by atoms with Crippen LogP contribution in [-0.4, -0.2) is 30.2 Å². The quantitative estimate of drug-likeness (QED) is 0.708. The number of likely N-dealkylation sites (N-methyl/N-ethyl adjacent to an activating group) is 1. The van der Waals surface area contributed by atoms with Crippen molar-refractivity contribution >= 4 is 12.2 Å². The Kier molecular flexibility index (Phi) is 6.26. The van der Waals surface area contributed by atoms with Crippen LogP contribution in [-0.2, 0) is 16.0 Å². The Morgan fingerprint density at radius 3 is 2.42 bits per heavy atom. The molecule has 1 aromatic rings. The van der Waals surface area contributed by atoms with Crippen LogP contribution in [0.15, 0.2) is 30.3 Å². The molecule has 0 spiro atoms. The molecule has 0 aliphatic rings. The molecule has 3 heteroatoms. The lowest BCUT2D eigenvalue weighted by atomic mass is 10.0. The van der Waals surface area contributed by atoms with Crippen molar-refractivity contribution in [3.05, 3.63) is 35.9 Å². The fraction of sp³-hybridized carbons (Fsp3) is 0.500. The van der Waals surface area contributed by atoms with Gasteiger partial charge in [0.25, 0.3) is 0 Å². The van der Waals surface area contributed by atoms with Gasteiger partial charge in [-0.3, -0.25) is 4.79 Å². The molecule has 0 fully saturated rings. The normalized spacial score (nSPS) is 12.2. The van der Waals surface area contributed by atoms with Crippen LogP contribution in [0, 0.1) is 5.92 Å². The van der Waals surface area contributed by atoms with Crippen molar-refractivity contribution in [3.63, 3.8) is 0 Å². The van der Waals surface area contributed by atoms with E-state index in [0.717, 1.165) is 18.3 Å². The summed E-state index contributed by atoms with van der Waals surface area (Å²) in [6.45, 7) is 4.18. The highest BCUT2D eigenvalue weighted by molar-refractivity contribution is 5.79. The molecule has 104 valence electrons. The highest BCUT2D eigenvalue weighted by Gasteiger charge is 2.19. The molecule has 0 saturated heterocycles. The van der Waals surface area contributed by atoms with Crippen LogP contribution in [0.3, 0.4) is 0 Å². The van der Waals surface area contributed by atoms with Crippen LogP contribution < -0.4 is 0 Å². The first-order valence-corrected chi connectivity index (χ1v) is 6.79. The highest BCUT2D eigenvalue weighted by Crippen LogP contribution is 2.10. The monoisotopic (exact) mass is 261 g/mol. The molecule has 3 nitrogen and oxygen atoms in total. The van der Waals surface area contributed by atoms with E-state index in [2.05, 4.69) is 13.8 Å². The maximum absolute atomic E-state index is 12.0. The van der Waals surface area contributed by atoms with Gasteiger partial charge in [-0.05, 0) is 24.3 Å². The predicted octanol–water partition coefficient (Wildman–Crippen LogP) is 2.69. The van der Waals surface area contributed by atoms with E-state index in [4.69, 9.17) is 0 Å². The van der Waals surface area contributed by atoms with Crippen molar-refractivity contribution in [2.45, 2.75) is 39.2 Å². The lowest BCUT2D eigenvalue weighted by molar-refractivity contribution is -0.134. The van der Waals surface area contributed by atoms with Crippen LogP contribution in [0.25, 0.3) is 0 Å². The van der Waals surface area contributed by atoms with Gasteiger partial charge in [-0.2, -0.15) is 0 Å². The zero-order valence-corrected chi connectivity index (χ0v) is 12.0. The van der Waals surface area contributed by atoms with Crippen LogP contribution in [0.4, 0.5) is 0 Å². The summed E-state index contributed by atoms with van der Waals surface area (Å²) in [6.07, 6.45) is 2.81. The van der Waals surface area contributed by atoms with E-state index in [1.165, 1.54) is 0 Å². The third-order valence-electron chi connectivity index (χ3n) is 3.27. The van der Waals surface area contributed by atoms with Gasteiger partial charge < -0.3 is 9.69 Å². The topological polar surface area (TPSA) is 37.4 Å². The summed E-state index contributed by atoms with van der Waals surface area (Å²) in [5.74, 6) is 0.544. The number of carbonyl (C=O) groups excluding carboxylic acids is 2. The molecule has 0 heterocycles. The molecule has 0 aromatic heterocycles. The average Bonchev–Trinajstić information content (AvgIpc) is 2.42. The Hall–Kier alpha value is -1.64. The molecule has 0 radical (unpaired) electrons. The van der Waals surface area contributed by atoms with Gasteiger partial charge in [0.05, 0.1) is 6.04 Å². The molecular formula is C16H23NO2. The van der Waals surface area contributed by atoms with Gasteiger partial charge in [0.2, 0.25) is 5.91 Å². The van der Waals surface area contributed by atoms with E-state index in [9.17, 15) is 9.59 Å². The molecule has 0 aliphatic carbocycles. The summed E-state index contributed by atoms with van der Waals surface area (Å²) < 4.78 is 0. The van der Waals surface area contributed by atoms with Gasteiger partial charge >= 0.3 is 0 Å². The van der Waals surface area contributed by atoms with Crippen LogP contribution in [0.5, 0.6) is 0 Å². The molecule has 1 amide bonds. The first-order chi connectivity index (χ1) is 9.04. The van der Waals surface area contributed by atoms with E-state index < -0.39 is 0 Å². The minimum Gasteiger partial charge on any atom is -0.336 e. The third-order valence-corrected chi connectivity index (χ3v) is 3.27. The lowest BCUT2D eigenvalue weighted by Crippen LogP contribution is -2.39. The Balaban J connectivity index is 2.58. The average molecular weight is 261 g/mol. The number of benzene rings is 1. The zero-order valence-electron chi connectivity index (χ0n) is 12.0. The molecule has 1 aromatic carbocycles. The molecule has 0 N–H and O–H groups in total. The summed E-state index contributed by atoms with van der Waals surface area (Å²) in [7, 11) is 1.71. The van der Waals surface area contributed by atoms with Crippen LogP contribution in [0.2, 0.25) is 0 Å². The third kappa shape index (κ3) is 5.25. The minimum atomic E-state index is -0.373. The van der Waals surface area contributed by atoms with E-state index >= 15 is 0 Å². The first-order valence-electron chi connectivity index (χ1n) is 6.79. The Bertz CT molecular complexity index is 400. The van der Waals surface area contributed by atoms with Crippen molar-refractivity contribution in [2.24, 2.45) is 5.92 Å². The summed E-state index contributed by atoms with van der Waals surface area (Å²) >= 11 is 0. The second kappa shape index (κ2) is 7.72. The maximum Gasteiger partial charge on any atom is 0.222 e. The van der Waals surface area contributed by atoms with Gasteiger partial charge in [-0.25, -0.2) is 0 Å². The van der Waals surface area contributed by atoms with Crippen molar-refractivity contribution in [3.8, 4) is 0 Å². The van der Waals surface area contributed by atoms with Crippen molar-refractivity contribution < 1.29 is 9.59 Å². The van der Waals surface area contributed by atoms with E-state index in [0.29, 0.717) is 18.8 Å². The van der Waals surface area contributed by atoms with Crippen molar-refractivity contribution in [2.75, 3.05) is 7.05 Å². The predicted molar refractivity (Wildman–Crippen MR) is 76.8 cm³/mol. The van der Waals surface area contributed by atoms with Crippen LogP contribution in [0.1, 0.15) is 32.3 Å². The molecule has 0 saturated carbocycles. The van der Waals surface area contributed by atoms with E-state index in [1.807, 2.05) is 30.3 Å². The Labute approximate surface area is 115 Å². The number of amides is 1. The summed E-state index contributed by atoms with van der Waals surface area (Å²) in [5.41, 5.74) is 1.07. The standard InChI is InChI=1S/C16H23NO2/c1-13(2)9-10-16(19)17(3)15(12-18)11-14-7-5-4-6-8-14/h4-8,12-13,15H,9-11H2,1-3H3/t15-/m0/s1. The second-order valence-electron chi connectivity index (χ2n) is 5.33. The molecule has 1 atom stereocenters. The number of carbonyl (C=O) groups is 2. The largest absolute Gasteiger partial charge is 0.336 e. The minimum absolute atomic E-state index is 0.0433. The number of aldehydes is 1. The lowest BCUT2D eigenvalue weighted by Gasteiger charge is -2.24. The van der Waals surface area contributed by atoms with Gasteiger partial charge in [-0.15, -0.1) is 0 Å². The molecule has 0 aliphatic heterocycles. The molecule has 1 rings (SSSR count). The van der Waals surface area contributed by atoms with Crippen molar-refractivity contribution in [1.29, 1.82) is 0 Å². The number of hydrogen-bond donors (Lipinski definition) is 0. The zero-order chi connectivity index (χ0) is 14.3. The maximum atomic E-state index is 12.0. The van der Waals surface area contributed by atoms with Gasteiger partial charge in [0.1, 0.15) is 6.29 Å². The number of nitrogens with zero attached hydrogens (tertiary/aromatic N) is 1. The number of hydrogen-bond acceptors (Lipinski definition) is 2. The Morgan fingerprint density at radius 2 is 1.89 bits per heavy atom. The van der Waals surface area contributed by atoms with Crippen LogP contribution >= 0.6 is 0 Å². The summed E-state index contributed by atoms with van der Waals surface area (Å²) in [4.78, 5) is 24.8. The summed E-state index contributed by atoms with van der Waals surface area (Å²) in [6, 6.07) is 9.40. The SMILES string of the molecule is CC(C)CCC(=O)N(C)[C@H](C=O)Cc1ccccc1. The summed E-state index contributed by atoms with van der Waals surface area (Å²) in [5, 5.41) is 0.